The number of hydrogen-bond donors (Lipinski definition) is 1. The van der Waals surface area contributed by atoms with Gasteiger partial charge in [-0.25, -0.2) is 0 Å². The van der Waals surface area contributed by atoms with Crippen molar-refractivity contribution in [1.29, 1.82) is 0 Å². The van der Waals surface area contributed by atoms with Crippen LogP contribution in [0.2, 0.25) is 10.0 Å². The first-order valence-electron chi connectivity index (χ1n) is 6.96. The average Bonchev–Trinajstić information content (AvgIpc) is 2.49. The van der Waals surface area contributed by atoms with Gasteiger partial charge in [-0.05, 0) is 42.3 Å². The Morgan fingerprint density at radius 3 is 2.48 bits per heavy atom. The molecule has 0 amide bonds. The maximum atomic E-state index is 6.39. The molecule has 2 nitrogen and oxygen atoms in total. The van der Waals surface area contributed by atoms with Gasteiger partial charge in [0.05, 0.1) is 7.11 Å². The van der Waals surface area contributed by atoms with Gasteiger partial charge in [0.25, 0.3) is 0 Å². The summed E-state index contributed by atoms with van der Waals surface area (Å²) in [5.74, 6) is 0.761. The summed E-state index contributed by atoms with van der Waals surface area (Å²) in [4.78, 5) is 0. The molecule has 0 saturated carbocycles. The Hall–Kier alpha value is -1.22. The fourth-order valence-electron chi connectivity index (χ4n) is 2.34. The Balaban J connectivity index is 2.29. The number of halogens is 2. The Labute approximate surface area is 136 Å². The molecule has 1 unspecified atom stereocenters. The van der Waals surface area contributed by atoms with Gasteiger partial charge < -0.3 is 10.1 Å². The van der Waals surface area contributed by atoms with Gasteiger partial charge in [-0.3, -0.25) is 0 Å². The second-order valence-electron chi connectivity index (χ2n) is 4.79. The number of nitrogens with one attached hydrogen (secondary N) is 1. The van der Waals surface area contributed by atoms with Gasteiger partial charge in [0.15, 0.2) is 0 Å². The van der Waals surface area contributed by atoms with Crippen LogP contribution in [-0.4, -0.2) is 13.7 Å². The molecule has 4 heteroatoms. The minimum absolute atomic E-state index is 0.119. The Kier molecular flexibility index (Phi) is 5.92. The maximum Gasteiger partial charge on any atom is 0.120 e. The highest BCUT2D eigenvalue weighted by atomic mass is 35.5. The van der Waals surface area contributed by atoms with E-state index in [2.05, 4.69) is 12.2 Å². The number of ether oxygens (including phenoxy) is 1. The van der Waals surface area contributed by atoms with Crippen molar-refractivity contribution < 1.29 is 4.74 Å². The molecule has 0 spiro atoms. The monoisotopic (exact) mass is 323 g/mol. The summed E-state index contributed by atoms with van der Waals surface area (Å²) in [6, 6.07) is 13.8. The molecule has 0 aromatic heterocycles. The summed E-state index contributed by atoms with van der Waals surface area (Å²) in [5, 5.41) is 4.95. The van der Waals surface area contributed by atoms with Crippen molar-refractivity contribution in [3.63, 3.8) is 0 Å². The molecule has 21 heavy (non-hydrogen) atoms. The second-order valence-corrected chi connectivity index (χ2v) is 5.61. The zero-order chi connectivity index (χ0) is 15.2. The van der Waals surface area contributed by atoms with Crippen LogP contribution in [0.1, 0.15) is 24.1 Å². The van der Waals surface area contributed by atoms with Crippen LogP contribution in [0, 0.1) is 0 Å². The standard InChI is InChI=1S/C17H19Cl2NO/c1-3-20-17(10-12-6-4-5-7-15(12)18)14-9-8-13(21-2)11-16(14)19/h4-9,11,17,20H,3,10H2,1-2H3. The molecule has 2 aromatic carbocycles. The smallest absolute Gasteiger partial charge is 0.120 e. The zero-order valence-electron chi connectivity index (χ0n) is 12.2. The van der Waals surface area contributed by atoms with E-state index in [4.69, 9.17) is 27.9 Å². The van der Waals surface area contributed by atoms with Gasteiger partial charge in [0.2, 0.25) is 0 Å². The van der Waals surface area contributed by atoms with Gasteiger partial charge in [0.1, 0.15) is 5.75 Å². The molecule has 2 aromatic rings. The van der Waals surface area contributed by atoms with Gasteiger partial charge >= 0.3 is 0 Å². The first kappa shape index (κ1) is 16.2. The summed E-state index contributed by atoms with van der Waals surface area (Å²) in [7, 11) is 1.64. The van der Waals surface area contributed by atoms with Crippen LogP contribution in [0.3, 0.4) is 0 Å². The fourth-order valence-corrected chi connectivity index (χ4v) is 2.85. The lowest BCUT2D eigenvalue weighted by Crippen LogP contribution is -2.23. The van der Waals surface area contributed by atoms with Gasteiger partial charge in [-0.1, -0.05) is 54.4 Å². The van der Waals surface area contributed by atoms with Crippen LogP contribution in [0.4, 0.5) is 0 Å². The Bertz CT molecular complexity index is 601. The third-order valence-corrected chi connectivity index (χ3v) is 4.11. The summed E-state index contributed by atoms with van der Waals surface area (Å²) < 4.78 is 5.20. The molecule has 0 fully saturated rings. The average molecular weight is 324 g/mol. The van der Waals surface area contributed by atoms with Crippen molar-refractivity contribution in [3.8, 4) is 5.75 Å². The predicted molar refractivity (Wildman–Crippen MR) is 89.6 cm³/mol. The zero-order valence-corrected chi connectivity index (χ0v) is 13.7. The minimum Gasteiger partial charge on any atom is -0.497 e. The van der Waals surface area contributed by atoms with E-state index in [0.717, 1.165) is 34.9 Å². The third-order valence-electron chi connectivity index (χ3n) is 3.42. The largest absolute Gasteiger partial charge is 0.497 e. The van der Waals surface area contributed by atoms with Crippen molar-refractivity contribution in [1.82, 2.24) is 5.32 Å². The van der Waals surface area contributed by atoms with E-state index in [1.807, 2.05) is 42.5 Å². The molecular formula is C17H19Cl2NO. The van der Waals surface area contributed by atoms with Crippen LogP contribution in [0.15, 0.2) is 42.5 Å². The van der Waals surface area contributed by atoms with E-state index in [-0.39, 0.29) is 6.04 Å². The maximum absolute atomic E-state index is 6.39. The summed E-state index contributed by atoms with van der Waals surface area (Å²) in [5.41, 5.74) is 2.16. The fraction of sp³-hybridized carbons (Fsp3) is 0.294. The summed E-state index contributed by atoms with van der Waals surface area (Å²) in [6.07, 6.45) is 0.791. The van der Waals surface area contributed by atoms with E-state index < -0.39 is 0 Å². The molecule has 0 bridgehead atoms. The lowest BCUT2D eigenvalue weighted by Gasteiger charge is -2.20. The second kappa shape index (κ2) is 7.69. The predicted octanol–water partition coefficient (Wildman–Crippen LogP) is 4.90. The molecule has 2 rings (SSSR count). The first-order chi connectivity index (χ1) is 10.2. The Morgan fingerprint density at radius 2 is 1.86 bits per heavy atom. The normalized spacial score (nSPS) is 12.2. The van der Waals surface area contributed by atoms with E-state index in [0.29, 0.717) is 5.02 Å². The SMILES string of the molecule is CCNC(Cc1ccccc1Cl)c1ccc(OC)cc1Cl. The number of likely N-dealkylation sites (N-methyl/N-ethyl adjacent to an activating group) is 1. The highest BCUT2D eigenvalue weighted by molar-refractivity contribution is 6.32. The van der Waals surface area contributed by atoms with E-state index >= 15 is 0 Å². The molecule has 0 aliphatic carbocycles. The molecule has 112 valence electrons. The molecule has 1 N–H and O–H groups in total. The van der Waals surface area contributed by atoms with Crippen molar-refractivity contribution in [2.75, 3.05) is 13.7 Å². The molecular weight excluding hydrogens is 305 g/mol. The van der Waals surface area contributed by atoms with Gasteiger partial charge in [0, 0.05) is 16.1 Å². The van der Waals surface area contributed by atoms with Crippen LogP contribution in [0.25, 0.3) is 0 Å². The molecule has 0 aliphatic heterocycles. The highest BCUT2D eigenvalue weighted by Gasteiger charge is 2.16. The van der Waals surface area contributed by atoms with Crippen LogP contribution in [-0.2, 0) is 6.42 Å². The number of benzene rings is 2. The molecule has 1 atom stereocenters. The number of hydrogen-bond acceptors (Lipinski definition) is 2. The van der Waals surface area contributed by atoms with Gasteiger partial charge in [-0.15, -0.1) is 0 Å². The summed E-state index contributed by atoms with van der Waals surface area (Å²) >= 11 is 12.7. The lowest BCUT2D eigenvalue weighted by atomic mass is 9.98. The lowest BCUT2D eigenvalue weighted by molar-refractivity contribution is 0.414. The topological polar surface area (TPSA) is 21.3 Å². The molecule has 0 saturated heterocycles. The number of rotatable bonds is 6. The third kappa shape index (κ3) is 4.13. The quantitative estimate of drug-likeness (QED) is 0.816. The molecule has 0 heterocycles. The first-order valence-corrected chi connectivity index (χ1v) is 7.71. The van der Waals surface area contributed by atoms with E-state index in [1.165, 1.54) is 0 Å². The minimum atomic E-state index is 0.119. The summed E-state index contributed by atoms with van der Waals surface area (Å²) in [6.45, 7) is 2.94. The Morgan fingerprint density at radius 1 is 1.10 bits per heavy atom. The highest BCUT2D eigenvalue weighted by Crippen LogP contribution is 2.30. The molecule has 0 radical (unpaired) electrons. The van der Waals surface area contributed by atoms with Crippen molar-refractivity contribution in [2.24, 2.45) is 0 Å². The van der Waals surface area contributed by atoms with Crippen molar-refractivity contribution >= 4 is 23.2 Å². The van der Waals surface area contributed by atoms with Crippen molar-refractivity contribution in [3.05, 3.63) is 63.6 Å². The van der Waals surface area contributed by atoms with Crippen LogP contribution < -0.4 is 10.1 Å². The van der Waals surface area contributed by atoms with E-state index in [1.54, 1.807) is 7.11 Å². The van der Waals surface area contributed by atoms with Crippen LogP contribution >= 0.6 is 23.2 Å². The van der Waals surface area contributed by atoms with Gasteiger partial charge in [-0.2, -0.15) is 0 Å². The van der Waals surface area contributed by atoms with E-state index in [9.17, 15) is 0 Å². The molecule has 0 aliphatic rings. The number of methoxy groups -OCH3 is 1. The van der Waals surface area contributed by atoms with Crippen molar-refractivity contribution in [2.45, 2.75) is 19.4 Å². The van der Waals surface area contributed by atoms with Crippen LogP contribution in [0.5, 0.6) is 5.75 Å².